The van der Waals surface area contributed by atoms with E-state index in [1.54, 1.807) is 7.05 Å². The zero-order valence-corrected chi connectivity index (χ0v) is 11.2. The molecular formula is C11H14N4O2S. The molecule has 7 heteroatoms. The van der Waals surface area contributed by atoms with E-state index in [-0.39, 0.29) is 5.16 Å². The highest BCUT2D eigenvalue weighted by molar-refractivity contribution is 7.89. The van der Waals surface area contributed by atoms with Crippen LogP contribution in [-0.2, 0) is 17.1 Å². The third kappa shape index (κ3) is 2.14. The molecule has 6 nitrogen and oxygen atoms in total. The molecule has 1 heterocycles. The van der Waals surface area contributed by atoms with E-state index in [0.717, 1.165) is 16.7 Å². The summed E-state index contributed by atoms with van der Waals surface area (Å²) in [4.78, 5) is 0. The number of rotatable bonds is 2. The van der Waals surface area contributed by atoms with E-state index in [9.17, 15) is 8.42 Å². The van der Waals surface area contributed by atoms with Crippen molar-refractivity contribution in [3.63, 3.8) is 0 Å². The fourth-order valence-corrected chi connectivity index (χ4v) is 2.32. The van der Waals surface area contributed by atoms with Gasteiger partial charge in [0.1, 0.15) is 0 Å². The van der Waals surface area contributed by atoms with Crippen LogP contribution in [0.25, 0.3) is 11.4 Å². The van der Waals surface area contributed by atoms with Gasteiger partial charge in [-0.15, -0.1) is 10.2 Å². The molecule has 2 aromatic rings. The molecule has 1 aromatic carbocycles. The van der Waals surface area contributed by atoms with Gasteiger partial charge in [-0.3, -0.25) is 4.57 Å². The third-order valence-electron chi connectivity index (χ3n) is 2.85. The standard InChI is InChI=1S/C11H14N4O2S/c1-7-4-5-9(6-8(7)2)10-13-14-11(15(10)3)18(12,16)17/h4-6H,1-3H3,(H2,12,16,17). The number of benzene rings is 1. The number of nitrogens with zero attached hydrogens (tertiary/aromatic N) is 3. The third-order valence-corrected chi connectivity index (χ3v) is 3.72. The molecular weight excluding hydrogens is 252 g/mol. The predicted molar refractivity (Wildman–Crippen MR) is 67.3 cm³/mol. The van der Waals surface area contributed by atoms with Crippen LogP contribution in [0.15, 0.2) is 23.4 Å². The second kappa shape index (κ2) is 4.18. The molecule has 0 fully saturated rings. The summed E-state index contributed by atoms with van der Waals surface area (Å²) in [7, 11) is -2.28. The van der Waals surface area contributed by atoms with Crippen LogP contribution in [0, 0.1) is 13.8 Å². The van der Waals surface area contributed by atoms with Gasteiger partial charge in [0.05, 0.1) is 0 Å². The fourth-order valence-electron chi connectivity index (χ4n) is 1.69. The van der Waals surface area contributed by atoms with Crippen LogP contribution >= 0.6 is 0 Å². The Bertz CT molecular complexity index is 704. The molecule has 0 saturated carbocycles. The molecule has 0 aliphatic carbocycles. The van der Waals surface area contributed by atoms with Gasteiger partial charge in [-0.05, 0) is 31.0 Å². The number of hydrogen-bond acceptors (Lipinski definition) is 4. The molecule has 0 saturated heterocycles. The lowest BCUT2D eigenvalue weighted by Crippen LogP contribution is -2.17. The van der Waals surface area contributed by atoms with Gasteiger partial charge >= 0.3 is 0 Å². The molecule has 0 bridgehead atoms. The lowest BCUT2D eigenvalue weighted by molar-refractivity contribution is 0.580. The molecule has 1 aromatic heterocycles. The van der Waals surface area contributed by atoms with Crippen molar-refractivity contribution in [2.24, 2.45) is 12.2 Å². The molecule has 0 amide bonds. The van der Waals surface area contributed by atoms with Crippen LogP contribution in [0.4, 0.5) is 0 Å². The number of hydrogen-bond donors (Lipinski definition) is 1. The number of aryl methyl sites for hydroxylation is 2. The van der Waals surface area contributed by atoms with Crippen LogP contribution in [0.5, 0.6) is 0 Å². The molecule has 18 heavy (non-hydrogen) atoms. The first kappa shape index (κ1) is 12.7. The highest BCUT2D eigenvalue weighted by Crippen LogP contribution is 2.21. The second-order valence-corrected chi connectivity index (χ2v) is 5.66. The Morgan fingerprint density at radius 1 is 1.17 bits per heavy atom. The summed E-state index contributed by atoms with van der Waals surface area (Å²) in [5, 5.41) is 12.3. The Morgan fingerprint density at radius 2 is 1.83 bits per heavy atom. The summed E-state index contributed by atoms with van der Waals surface area (Å²) in [5.41, 5.74) is 3.07. The molecule has 0 unspecified atom stereocenters. The first-order chi connectivity index (χ1) is 8.30. The largest absolute Gasteiger partial charge is 0.300 e. The SMILES string of the molecule is Cc1ccc(-c2nnc(S(N)(=O)=O)n2C)cc1C. The van der Waals surface area contributed by atoms with E-state index < -0.39 is 10.0 Å². The molecule has 96 valence electrons. The quantitative estimate of drug-likeness (QED) is 0.868. The van der Waals surface area contributed by atoms with Crippen LogP contribution < -0.4 is 5.14 Å². The summed E-state index contributed by atoms with van der Waals surface area (Å²) in [6, 6.07) is 5.77. The Hall–Kier alpha value is -1.73. The van der Waals surface area contributed by atoms with Gasteiger partial charge in [0.15, 0.2) is 5.82 Å². The van der Waals surface area contributed by atoms with E-state index in [4.69, 9.17) is 5.14 Å². The van der Waals surface area contributed by atoms with Gasteiger partial charge in [-0.25, -0.2) is 13.6 Å². The zero-order valence-electron chi connectivity index (χ0n) is 10.4. The van der Waals surface area contributed by atoms with Crippen molar-refractivity contribution in [2.45, 2.75) is 19.0 Å². The Labute approximate surface area is 106 Å². The van der Waals surface area contributed by atoms with Crippen molar-refractivity contribution in [3.8, 4) is 11.4 Å². The predicted octanol–water partition coefficient (Wildman–Crippen LogP) is 0.746. The topological polar surface area (TPSA) is 90.9 Å². The Kier molecular flexibility index (Phi) is 2.95. The lowest BCUT2D eigenvalue weighted by atomic mass is 10.1. The van der Waals surface area contributed by atoms with E-state index in [0.29, 0.717) is 5.82 Å². The summed E-state index contributed by atoms with van der Waals surface area (Å²) in [5.74, 6) is 0.474. The van der Waals surface area contributed by atoms with Gasteiger partial charge in [0, 0.05) is 12.6 Å². The first-order valence-corrected chi connectivity index (χ1v) is 6.85. The minimum Gasteiger partial charge on any atom is -0.300 e. The maximum atomic E-state index is 11.3. The van der Waals surface area contributed by atoms with Crippen molar-refractivity contribution >= 4 is 10.0 Å². The van der Waals surface area contributed by atoms with Crippen molar-refractivity contribution in [2.75, 3.05) is 0 Å². The van der Waals surface area contributed by atoms with E-state index >= 15 is 0 Å². The zero-order chi connectivity index (χ0) is 13.5. The van der Waals surface area contributed by atoms with Gasteiger partial charge in [0.2, 0.25) is 0 Å². The molecule has 2 N–H and O–H groups in total. The Balaban J connectivity index is 2.59. The number of sulfonamides is 1. The average molecular weight is 266 g/mol. The second-order valence-electron chi connectivity index (χ2n) is 4.21. The monoisotopic (exact) mass is 266 g/mol. The molecule has 0 aliphatic heterocycles. The highest BCUT2D eigenvalue weighted by atomic mass is 32.2. The Morgan fingerprint density at radius 3 is 2.33 bits per heavy atom. The first-order valence-electron chi connectivity index (χ1n) is 5.30. The number of nitrogens with two attached hydrogens (primary N) is 1. The van der Waals surface area contributed by atoms with Crippen LogP contribution in [0.3, 0.4) is 0 Å². The van der Waals surface area contributed by atoms with Gasteiger partial charge in [-0.1, -0.05) is 12.1 Å². The molecule has 0 aliphatic rings. The van der Waals surface area contributed by atoms with E-state index in [2.05, 4.69) is 10.2 Å². The summed E-state index contributed by atoms with van der Waals surface area (Å²) in [6.45, 7) is 3.99. The van der Waals surface area contributed by atoms with Crippen LogP contribution in [-0.4, -0.2) is 23.2 Å². The maximum absolute atomic E-state index is 11.3. The maximum Gasteiger partial charge on any atom is 0.273 e. The van der Waals surface area contributed by atoms with Gasteiger partial charge in [-0.2, -0.15) is 0 Å². The van der Waals surface area contributed by atoms with Crippen molar-refractivity contribution in [1.82, 2.24) is 14.8 Å². The highest BCUT2D eigenvalue weighted by Gasteiger charge is 2.19. The van der Waals surface area contributed by atoms with E-state index in [1.165, 1.54) is 4.57 Å². The molecule has 0 spiro atoms. The number of aromatic nitrogens is 3. The summed E-state index contributed by atoms with van der Waals surface area (Å²) < 4.78 is 23.9. The van der Waals surface area contributed by atoms with Crippen molar-refractivity contribution < 1.29 is 8.42 Å². The number of primary sulfonamides is 1. The van der Waals surface area contributed by atoms with Gasteiger partial charge < -0.3 is 0 Å². The smallest absolute Gasteiger partial charge is 0.273 e. The fraction of sp³-hybridized carbons (Fsp3) is 0.273. The minimum atomic E-state index is -3.85. The summed E-state index contributed by atoms with van der Waals surface area (Å²) in [6.07, 6.45) is 0. The van der Waals surface area contributed by atoms with Crippen LogP contribution in [0.2, 0.25) is 0 Å². The van der Waals surface area contributed by atoms with Crippen molar-refractivity contribution in [1.29, 1.82) is 0 Å². The molecule has 0 atom stereocenters. The molecule has 0 radical (unpaired) electrons. The normalized spacial score (nSPS) is 11.8. The van der Waals surface area contributed by atoms with Gasteiger partial charge in [0.25, 0.3) is 15.2 Å². The van der Waals surface area contributed by atoms with Crippen molar-refractivity contribution in [3.05, 3.63) is 29.3 Å². The van der Waals surface area contributed by atoms with E-state index in [1.807, 2.05) is 32.0 Å². The average Bonchev–Trinajstić information content (AvgIpc) is 2.64. The molecule has 2 rings (SSSR count). The van der Waals surface area contributed by atoms with Crippen LogP contribution in [0.1, 0.15) is 11.1 Å². The lowest BCUT2D eigenvalue weighted by Gasteiger charge is -2.05. The minimum absolute atomic E-state index is 0.240. The summed E-state index contributed by atoms with van der Waals surface area (Å²) >= 11 is 0.